The van der Waals surface area contributed by atoms with E-state index in [0.717, 1.165) is 21.9 Å². The molecular weight excluding hydrogens is 378 g/mol. The minimum Gasteiger partial charge on any atom is -0.496 e. The lowest BCUT2D eigenvalue weighted by Gasteiger charge is -2.37. The number of benzene rings is 3. The molecule has 0 saturated carbocycles. The van der Waals surface area contributed by atoms with Gasteiger partial charge in [-0.05, 0) is 28.5 Å². The van der Waals surface area contributed by atoms with Crippen molar-refractivity contribution >= 4 is 16.7 Å². The molecule has 1 aliphatic heterocycles. The number of hydrogen-bond donors (Lipinski definition) is 0. The number of fused-ring (bicyclic) bond motifs is 1. The number of nitrogens with zero attached hydrogens (tertiary/aromatic N) is 3. The van der Waals surface area contributed by atoms with Crippen LogP contribution in [0.5, 0.6) is 5.75 Å². The van der Waals surface area contributed by atoms with Gasteiger partial charge in [0, 0.05) is 13.1 Å². The third kappa shape index (κ3) is 3.30. The summed E-state index contributed by atoms with van der Waals surface area (Å²) in [5, 5.41) is 6.38. The third-order valence-electron chi connectivity index (χ3n) is 5.59. The Morgan fingerprint density at radius 1 is 1.07 bits per heavy atom. The topological polar surface area (TPSA) is 68.5 Å². The summed E-state index contributed by atoms with van der Waals surface area (Å²) in [6.45, 7) is 1.19. The van der Waals surface area contributed by atoms with E-state index in [2.05, 4.69) is 28.3 Å². The summed E-state index contributed by atoms with van der Waals surface area (Å²) >= 11 is 0. The van der Waals surface area contributed by atoms with Crippen LogP contribution in [-0.2, 0) is 11.2 Å². The van der Waals surface area contributed by atoms with E-state index in [1.165, 1.54) is 0 Å². The van der Waals surface area contributed by atoms with Gasteiger partial charge in [0.05, 0.1) is 25.0 Å². The molecule has 1 fully saturated rings. The third-order valence-corrected chi connectivity index (χ3v) is 5.59. The van der Waals surface area contributed by atoms with Gasteiger partial charge in [-0.1, -0.05) is 59.8 Å². The highest BCUT2D eigenvalue weighted by Crippen LogP contribution is 2.31. The fourth-order valence-corrected chi connectivity index (χ4v) is 3.90. The molecule has 3 aromatic carbocycles. The Bertz CT molecular complexity index is 1210. The van der Waals surface area contributed by atoms with Gasteiger partial charge in [0.2, 0.25) is 17.6 Å². The Balaban J connectivity index is 1.25. The van der Waals surface area contributed by atoms with Gasteiger partial charge in [0.15, 0.2) is 0 Å². The highest BCUT2D eigenvalue weighted by molar-refractivity contribution is 5.90. The Labute approximate surface area is 174 Å². The fraction of sp³-hybridized carbons (Fsp3) is 0.208. The molecule has 1 amide bonds. The molecule has 1 aromatic heterocycles. The highest BCUT2D eigenvalue weighted by atomic mass is 16.5. The van der Waals surface area contributed by atoms with Crippen LogP contribution in [0.4, 0.5) is 0 Å². The zero-order valence-corrected chi connectivity index (χ0v) is 16.6. The van der Waals surface area contributed by atoms with E-state index in [9.17, 15) is 4.79 Å². The number of ether oxygens (including phenoxy) is 1. The number of amides is 1. The summed E-state index contributed by atoms with van der Waals surface area (Å²) < 4.78 is 10.8. The molecule has 0 radical (unpaired) electrons. The maximum Gasteiger partial charge on any atom is 0.233 e. The molecule has 0 unspecified atom stereocenters. The molecule has 1 saturated heterocycles. The zero-order chi connectivity index (χ0) is 20.5. The predicted molar refractivity (Wildman–Crippen MR) is 113 cm³/mol. The van der Waals surface area contributed by atoms with Crippen LogP contribution in [0, 0.1) is 0 Å². The number of carbonyl (C=O) groups is 1. The number of hydrogen-bond acceptors (Lipinski definition) is 5. The van der Waals surface area contributed by atoms with Crippen LogP contribution in [0.1, 0.15) is 17.4 Å². The van der Waals surface area contributed by atoms with E-state index < -0.39 is 0 Å². The largest absolute Gasteiger partial charge is 0.496 e. The normalized spacial score (nSPS) is 14.0. The van der Waals surface area contributed by atoms with Crippen molar-refractivity contribution in [2.45, 2.75) is 12.3 Å². The summed E-state index contributed by atoms with van der Waals surface area (Å²) in [7, 11) is 1.62. The van der Waals surface area contributed by atoms with Gasteiger partial charge < -0.3 is 14.2 Å². The number of aromatic nitrogens is 2. The molecule has 6 nitrogen and oxygen atoms in total. The second-order valence-corrected chi connectivity index (χ2v) is 7.47. The van der Waals surface area contributed by atoms with E-state index in [4.69, 9.17) is 9.26 Å². The van der Waals surface area contributed by atoms with Crippen LogP contribution in [0.2, 0.25) is 0 Å². The van der Waals surface area contributed by atoms with E-state index >= 15 is 0 Å². The van der Waals surface area contributed by atoms with Crippen molar-refractivity contribution < 1.29 is 14.1 Å². The zero-order valence-electron chi connectivity index (χ0n) is 16.6. The Hall–Kier alpha value is -3.67. The maximum absolute atomic E-state index is 12.8. The first kappa shape index (κ1) is 18.4. The van der Waals surface area contributed by atoms with Gasteiger partial charge >= 0.3 is 0 Å². The second kappa shape index (κ2) is 7.63. The lowest BCUT2D eigenvalue weighted by Crippen LogP contribution is -2.49. The van der Waals surface area contributed by atoms with Gasteiger partial charge in [0.1, 0.15) is 5.75 Å². The SMILES string of the molecule is COc1ccccc1-c1noc(C2CN(C(=O)Cc3cccc4ccccc34)C2)n1. The summed E-state index contributed by atoms with van der Waals surface area (Å²) in [6, 6.07) is 21.8. The number of likely N-dealkylation sites (tertiary alicyclic amines) is 1. The minimum atomic E-state index is 0.0671. The molecule has 6 heteroatoms. The minimum absolute atomic E-state index is 0.0671. The first-order valence-corrected chi connectivity index (χ1v) is 9.94. The van der Waals surface area contributed by atoms with Gasteiger partial charge in [-0.3, -0.25) is 4.79 Å². The van der Waals surface area contributed by atoms with E-state index in [-0.39, 0.29) is 11.8 Å². The lowest BCUT2D eigenvalue weighted by molar-refractivity contribution is -0.135. The molecule has 150 valence electrons. The van der Waals surface area contributed by atoms with E-state index in [1.807, 2.05) is 53.4 Å². The summed E-state index contributed by atoms with van der Waals surface area (Å²) in [5.74, 6) is 1.95. The first-order valence-electron chi connectivity index (χ1n) is 9.94. The quantitative estimate of drug-likeness (QED) is 0.506. The monoisotopic (exact) mass is 399 g/mol. The number of rotatable bonds is 5. The van der Waals surface area contributed by atoms with Crippen molar-refractivity contribution in [2.75, 3.05) is 20.2 Å². The van der Waals surface area contributed by atoms with Crippen molar-refractivity contribution in [3.63, 3.8) is 0 Å². The average Bonchev–Trinajstić information content (AvgIpc) is 3.22. The molecule has 0 spiro atoms. The highest BCUT2D eigenvalue weighted by Gasteiger charge is 2.35. The Kier molecular flexibility index (Phi) is 4.67. The van der Waals surface area contributed by atoms with Crippen LogP contribution >= 0.6 is 0 Å². The van der Waals surface area contributed by atoms with Crippen molar-refractivity contribution in [2.24, 2.45) is 0 Å². The molecule has 0 aliphatic carbocycles. The van der Waals surface area contributed by atoms with Gasteiger partial charge in [0.25, 0.3) is 0 Å². The molecule has 30 heavy (non-hydrogen) atoms. The van der Waals surface area contributed by atoms with Crippen LogP contribution < -0.4 is 4.74 Å². The second-order valence-electron chi connectivity index (χ2n) is 7.47. The number of carbonyl (C=O) groups excluding carboxylic acids is 1. The van der Waals surface area contributed by atoms with E-state index in [0.29, 0.717) is 37.0 Å². The molecule has 2 heterocycles. The average molecular weight is 399 g/mol. The molecule has 0 bridgehead atoms. The van der Waals surface area contributed by atoms with Crippen molar-refractivity contribution in [3.05, 3.63) is 78.2 Å². The number of methoxy groups -OCH3 is 1. The standard InChI is InChI=1S/C24H21N3O3/c1-29-21-12-5-4-11-20(21)23-25-24(30-26-23)18-14-27(15-18)22(28)13-17-9-6-8-16-7-2-3-10-19(16)17/h2-12,18H,13-15H2,1H3. The molecule has 4 aromatic rings. The van der Waals surface area contributed by atoms with Gasteiger partial charge in [-0.2, -0.15) is 4.98 Å². The summed E-state index contributed by atoms with van der Waals surface area (Å²) in [6.07, 6.45) is 0.393. The van der Waals surface area contributed by atoms with Crippen molar-refractivity contribution in [1.82, 2.24) is 15.0 Å². The summed E-state index contributed by atoms with van der Waals surface area (Å²) in [5.41, 5.74) is 1.84. The predicted octanol–water partition coefficient (Wildman–Crippen LogP) is 4.07. The molecule has 0 N–H and O–H groups in total. The van der Waals surface area contributed by atoms with Crippen LogP contribution in [-0.4, -0.2) is 41.1 Å². The van der Waals surface area contributed by atoms with Gasteiger partial charge in [-0.15, -0.1) is 0 Å². The van der Waals surface area contributed by atoms with Crippen molar-refractivity contribution in [3.8, 4) is 17.1 Å². The summed E-state index contributed by atoms with van der Waals surface area (Å²) in [4.78, 5) is 19.1. The van der Waals surface area contributed by atoms with Crippen LogP contribution in [0.25, 0.3) is 22.2 Å². The number of para-hydroxylation sites is 1. The first-order chi connectivity index (χ1) is 14.7. The lowest BCUT2D eigenvalue weighted by atomic mass is 9.97. The van der Waals surface area contributed by atoms with Gasteiger partial charge in [-0.25, -0.2) is 0 Å². The molecular formula is C24H21N3O3. The van der Waals surface area contributed by atoms with Crippen LogP contribution in [0.15, 0.2) is 71.3 Å². The fourth-order valence-electron chi connectivity index (χ4n) is 3.90. The van der Waals surface area contributed by atoms with E-state index in [1.54, 1.807) is 7.11 Å². The van der Waals surface area contributed by atoms with Crippen molar-refractivity contribution in [1.29, 1.82) is 0 Å². The Morgan fingerprint density at radius 2 is 1.83 bits per heavy atom. The maximum atomic E-state index is 12.8. The smallest absolute Gasteiger partial charge is 0.233 e. The molecule has 0 atom stereocenters. The van der Waals surface area contributed by atoms with Crippen LogP contribution in [0.3, 0.4) is 0 Å². The Morgan fingerprint density at radius 3 is 2.70 bits per heavy atom. The molecule has 5 rings (SSSR count). The molecule has 1 aliphatic rings.